The van der Waals surface area contributed by atoms with Gasteiger partial charge in [-0.05, 0) is 24.3 Å². The maximum absolute atomic E-state index is 13.5. The summed E-state index contributed by atoms with van der Waals surface area (Å²) in [5, 5.41) is 0.692. The second-order valence-electron chi connectivity index (χ2n) is 7.27. The number of benzene rings is 2. The third kappa shape index (κ3) is 3.98. The van der Waals surface area contributed by atoms with Crippen LogP contribution in [0.1, 0.15) is 0 Å². The molecule has 0 spiro atoms. The molecular formula is C22H23N3O4S. The van der Waals surface area contributed by atoms with E-state index in [9.17, 15) is 4.79 Å². The minimum atomic E-state index is -0.698. The predicted molar refractivity (Wildman–Crippen MR) is 116 cm³/mol. The monoisotopic (exact) mass is 425 g/mol. The Labute approximate surface area is 178 Å². The molecule has 1 aromatic heterocycles. The van der Waals surface area contributed by atoms with Gasteiger partial charge in [0.05, 0.1) is 23.4 Å². The highest BCUT2D eigenvalue weighted by atomic mass is 32.1. The number of hydrogen-bond donors (Lipinski definition) is 0. The predicted octanol–water partition coefficient (Wildman–Crippen LogP) is 2.80. The molecule has 1 atom stereocenters. The van der Waals surface area contributed by atoms with Gasteiger partial charge < -0.3 is 14.2 Å². The van der Waals surface area contributed by atoms with Gasteiger partial charge in [-0.1, -0.05) is 35.6 Å². The molecule has 1 unspecified atom stereocenters. The summed E-state index contributed by atoms with van der Waals surface area (Å²) in [4.78, 5) is 22.3. The quantitative estimate of drug-likeness (QED) is 0.626. The number of para-hydroxylation sites is 3. The normalized spacial score (nSPS) is 19.0. The fourth-order valence-corrected chi connectivity index (χ4v) is 4.65. The summed E-state index contributed by atoms with van der Waals surface area (Å²) in [7, 11) is 0. The van der Waals surface area contributed by atoms with Gasteiger partial charge in [0, 0.05) is 26.2 Å². The Balaban J connectivity index is 1.39. The van der Waals surface area contributed by atoms with Crippen LogP contribution in [0, 0.1) is 0 Å². The number of nitrogens with zero attached hydrogens (tertiary/aromatic N) is 3. The van der Waals surface area contributed by atoms with Crippen molar-refractivity contribution in [3.63, 3.8) is 0 Å². The smallest absolute Gasteiger partial charge is 0.273 e. The highest BCUT2D eigenvalue weighted by Crippen LogP contribution is 2.33. The lowest BCUT2D eigenvalue weighted by Crippen LogP contribution is -2.49. The minimum Gasteiger partial charge on any atom is -0.485 e. The van der Waals surface area contributed by atoms with Crippen molar-refractivity contribution < 1.29 is 19.0 Å². The standard InChI is InChI=1S/C22H23N3O4S/c26-21(19-15-28-17-6-2-3-7-18(17)29-19)25(10-9-24-11-13-27-14-12-24)22-23-16-5-1-4-8-20(16)30-22/h1-8,19H,9-15H2. The Morgan fingerprint density at radius 2 is 1.87 bits per heavy atom. The van der Waals surface area contributed by atoms with E-state index in [2.05, 4.69) is 4.90 Å². The van der Waals surface area contributed by atoms with Gasteiger partial charge in [0.2, 0.25) is 6.10 Å². The van der Waals surface area contributed by atoms with Crippen LogP contribution in [0.3, 0.4) is 0 Å². The molecule has 3 heterocycles. The average molecular weight is 426 g/mol. The molecule has 0 saturated carbocycles. The van der Waals surface area contributed by atoms with Gasteiger partial charge >= 0.3 is 0 Å². The number of thiazole rings is 1. The zero-order valence-electron chi connectivity index (χ0n) is 16.5. The van der Waals surface area contributed by atoms with Crippen molar-refractivity contribution in [2.24, 2.45) is 0 Å². The van der Waals surface area contributed by atoms with Gasteiger partial charge in [0.25, 0.3) is 5.91 Å². The van der Waals surface area contributed by atoms with Crippen LogP contribution in [0.25, 0.3) is 10.2 Å². The molecule has 0 radical (unpaired) electrons. The highest BCUT2D eigenvalue weighted by Gasteiger charge is 2.33. The zero-order valence-corrected chi connectivity index (χ0v) is 17.3. The number of amides is 1. The van der Waals surface area contributed by atoms with Crippen molar-refractivity contribution in [3.8, 4) is 11.5 Å². The van der Waals surface area contributed by atoms with E-state index >= 15 is 0 Å². The number of ether oxygens (including phenoxy) is 3. The van der Waals surface area contributed by atoms with E-state index in [0.717, 1.165) is 43.1 Å². The second-order valence-corrected chi connectivity index (χ2v) is 8.28. The maximum Gasteiger partial charge on any atom is 0.273 e. The Kier molecular flexibility index (Phi) is 5.52. The summed E-state index contributed by atoms with van der Waals surface area (Å²) < 4.78 is 18.3. The fraction of sp³-hybridized carbons (Fsp3) is 0.364. The first-order chi connectivity index (χ1) is 14.8. The van der Waals surface area contributed by atoms with E-state index in [-0.39, 0.29) is 12.5 Å². The minimum absolute atomic E-state index is 0.128. The van der Waals surface area contributed by atoms with Crippen molar-refractivity contribution in [1.82, 2.24) is 9.88 Å². The van der Waals surface area contributed by atoms with Crippen molar-refractivity contribution in [1.29, 1.82) is 0 Å². The summed E-state index contributed by atoms with van der Waals surface area (Å²) in [6.07, 6.45) is -0.698. The number of hydrogen-bond acceptors (Lipinski definition) is 7. The van der Waals surface area contributed by atoms with Crippen LogP contribution in [-0.2, 0) is 9.53 Å². The topological polar surface area (TPSA) is 64.1 Å². The molecule has 1 amide bonds. The summed E-state index contributed by atoms with van der Waals surface area (Å²) in [5.74, 6) is 1.14. The van der Waals surface area contributed by atoms with E-state index in [1.807, 2.05) is 48.5 Å². The number of carbonyl (C=O) groups excluding carboxylic acids is 1. The van der Waals surface area contributed by atoms with Gasteiger partial charge in [-0.3, -0.25) is 14.6 Å². The number of rotatable bonds is 5. The first kappa shape index (κ1) is 19.3. The molecule has 7 nitrogen and oxygen atoms in total. The molecule has 1 fully saturated rings. The van der Waals surface area contributed by atoms with E-state index in [4.69, 9.17) is 19.2 Å². The molecular weight excluding hydrogens is 402 g/mol. The van der Waals surface area contributed by atoms with Gasteiger partial charge in [-0.15, -0.1) is 0 Å². The van der Waals surface area contributed by atoms with E-state index in [0.29, 0.717) is 23.2 Å². The van der Waals surface area contributed by atoms with Crippen LogP contribution in [0.4, 0.5) is 5.13 Å². The van der Waals surface area contributed by atoms with Crippen molar-refractivity contribution in [2.45, 2.75) is 6.10 Å². The summed E-state index contributed by atoms with van der Waals surface area (Å²) in [5.41, 5.74) is 0.896. The first-order valence-electron chi connectivity index (χ1n) is 10.1. The highest BCUT2D eigenvalue weighted by molar-refractivity contribution is 7.22. The molecule has 2 aromatic carbocycles. The lowest BCUT2D eigenvalue weighted by Gasteiger charge is -2.32. The van der Waals surface area contributed by atoms with Gasteiger partial charge in [0.1, 0.15) is 6.61 Å². The van der Waals surface area contributed by atoms with Gasteiger partial charge in [0.15, 0.2) is 16.6 Å². The zero-order chi connectivity index (χ0) is 20.3. The maximum atomic E-state index is 13.5. The van der Waals surface area contributed by atoms with Gasteiger partial charge in [-0.2, -0.15) is 0 Å². The molecule has 8 heteroatoms. The van der Waals surface area contributed by atoms with Crippen LogP contribution in [-0.4, -0.2) is 67.9 Å². The van der Waals surface area contributed by atoms with Gasteiger partial charge in [-0.25, -0.2) is 4.98 Å². The molecule has 30 heavy (non-hydrogen) atoms. The number of aromatic nitrogens is 1. The van der Waals surface area contributed by atoms with E-state index in [1.165, 1.54) is 11.3 Å². The SMILES string of the molecule is O=C(C1COc2ccccc2O1)N(CCN1CCOCC1)c1nc2ccccc2s1. The Morgan fingerprint density at radius 1 is 1.10 bits per heavy atom. The summed E-state index contributed by atoms with van der Waals surface area (Å²) >= 11 is 1.52. The van der Waals surface area contributed by atoms with Crippen LogP contribution in [0.2, 0.25) is 0 Å². The summed E-state index contributed by atoms with van der Waals surface area (Å²) in [6.45, 7) is 4.69. The third-order valence-corrected chi connectivity index (χ3v) is 6.37. The number of morpholine rings is 1. The van der Waals surface area contributed by atoms with Crippen molar-refractivity contribution >= 4 is 32.6 Å². The number of fused-ring (bicyclic) bond motifs is 2. The van der Waals surface area contributed by atoms with Crippen LogP contribution >= 0.6 is 11.3 Å². The molecule has 0 bridgehead atoms. The Bertz CT molecular complexity index is 1000. The van der Waals surface area contributed by atoms with Crippen LogP contribution in [0.5, 0.6) is 11.5 Å². The molecule has 2 aliphatic heterocycles. The van der Waals surface area contributed by atoms with E-state index < -0.39 is 6.10 Å². The molecule has 2 aliphatic rings. The fourth-order valence-electron chi connectivity index (χ4n) is 3.66. The third-order valence-electron chi connectivity index (χ3n) is 5.31. The average Bonchev–Trinajstić information content (AvgIpc) is 3.23. The lowest BCUT2D eigenvalue weighted by molar-refractivity contribution is -0.127. The number of carbonyl (C=O) groups is 1. The van der Waals surface area contributed by atoms with Crippen LogP contribution in [0.15, 0.2) is 48.5 Å². The molecule has 1 saturated heterocycles. The molecule has 156 valence electrons. The molecule has 5 rings (SSSR count). The molecule has 0 aliphatic carbocycles. The molecule has 0 N–H and O–H groups in total. The van der Waals surface area contributed by atoms with Crippen molar-refractivity contribution in [3.05, 3.63) is 48.5 Å². The second kappa shape index (κ2) is 8.59. The summed E-state index contributed by atoms with van der Waals surface area (Å²) in [6, 6.07) is 15.4. The van der Waals surface area contributed by atoms with Crippen LogP contribution < -0.4 is 14.4 Å². The Morgan fingerprint density at radius 3 is 2.70 bits per heavy atom. The largest absolute Gasteiger partial charge is 0.485 e. The lowest BCUT2D eigenvalue weighted by atomic mass is 10.2. The number of anilines is 1. The van der Waals surface area contributed by atoms with Crippen molar-refractivity contribution in [2.75, 3.05) is 50.9 Å². The Hall–Kier alpha value is -2.68. The van der Waals surface area contributed by atoms with E-state index in [1.54, 1.807) is 4.90 Å². The molecule has 3 aromatic rings. The first-order valence-corrected chi connectivity index (χ1v) is 10.9.